The van der Waals surface area contributed by atoms with Crippen molar-refractivity contribution in [2.45, 2.75) is 26.7 Å². The Kier molecular flexibility index (Phi) is 7.38. The average Bonchev–Trinajstić information content (AvgIpc) is 2.43. The van der Waals surface area contributed by atoms with Gasteiger partial charge >= 0.3 is 0 Å². The molecule has 6 heteroatoms. The molecule has 0 saturated heterocycles. The molecule has 0 aliphatic rings. The fraction of sp³-hybridized carbons (Fsp3) is 0.562. The van der Waals surface area contributed by atoms with Crippen LogP contribution in [-0.2, 0) is 9.84 Å². The minimum atomic E-state index is -2.96. The van der Waals surface area contributed by atoms with Gasteiger partial charge in [-0.25, -0.2) is 8.42 Å². The molecule has 2 N–H and O–H groups in total. The van der Waals surface area contributed by atoms with E-state index in [-0.39, 0.29) is 5.75 Å². The maximum atomic E-state index is 11.2. The van der Waals surface area contributed by atoms with Gasteiger partial charge in [-0.2, -0.15) is 0 Å². The zero-order chi connectivity index (χ0) is 16.6. The summed E-state index contributed by atoms with van der Waals surface area (Å²) in [5.41, 5.74) is 2.50. The second-order valence-corrected chi connectivity index (χ2v) is 7.85. The van der Waals surface area contributed by atoms with Crippen molar-refractivity contribution in [3.05, 3.63) is 35.4 Å². The minimum Gasteiger partial charge on any atom is -0.357 e. The largest absolute Gasteiger partial charge is 0.357 e. The van der Waals surface area contributed by atoms with E-state index in [0.29, 0.717) is 25.0 Å². The van der Waals surface area contributed by atoms with Gasteiger partial charge in [-0.05, 0) is 19.4 Å². The standard InChI is InChI=1S/C16H27N3O2S/c1-5-17-16(18-9-10-22(4,20)21)19-12-14(3)15-8-6-7-13(2)11-15/h6-8,11,14H,5,9-10,12H2,1-4H3,(H2,17,18,19). The summed E-state index contributed by atoms with van der Waals surface area (Å²) in [6.07, 6.45) is 1.23. The second-order valence-electron chi connectivity index (χ2n) is 5.59. The highest BCUT2D eigenvalue weighted by molar-refractivity contribution is 7.90. The van der Waals surface area contributed by atoms with Crippen molar-refractivity contribution in [2.75, 3.05) is 31.6 Å². The fourth-order valence-electron chi connectivity index (χ4n) is 2.01. The van der Waals surface area contributed by atoms with Crippen LogP contribution in [0.4, 0.5) is 0 Å². The Balaban J connectivity index is 2.61. The lowest BCUT2D eigenvalue weighted by Gasteiger charge is -2.14. The van der Waals surface area contributed by atoms with Crippen molar-refractivity contribution in [1.29, 1.82) is 0 Å². The van der Waals surface area contributed by atoms with Gasteiger partial charge in [0.1, 0.15) is 9.84 Å². The summed E-state index contributed by atoms with van der Waals surface area (Å²) >= 11 is 0. The number of sulfone groups is 1. The summed E-state index contributed by atoms with van der Waals surface area (Å²) in [5, 5.41) is 6.19. The molecule has 0 amide bonds. The predicted octanol–water partition coefficient (Wildman–Crippen LogP) is 1.70. The molecule has 0 fully saturated rings. The van der Waals surface area contributed by atoms with Gasteiger partial charge in [0.2, 0.25) is 0 Å². The van der Waals surface area contributed by atoms with E-state index in [1.54, 1.807) is 0 Å². The summed E-state index contributed by atoms with van der Waals surface area (Å²) < 4.78 is 22.3. The lowest BCUT2D eigenvalue weighted by Crippen LogP contribution is -2.39. The average molecular weight is 325 g/mol. The minimum absolute atomic E-state index is 0.102. The Hall–Kier alpha value is -1.56. The van der Waals surface area contributed by atoms with Crippen LogP contribution in [0.15, 0.2) is 29.3 Å². The van der Waals surface area contributed by atoms with Crippen LogP contribution in [0.5, 0.6) is 0 Å². The number of aryl methyl sites for hydroxylation is 1. The third kappa shape index (κ3) is 7.45. The van der Waals surface area contributed by atoms with Crippen molar-refractivity contribution < 1.29 is 8.42 Å². The van der Waals surface area contributed by atoms with Gasteiger partial charge in [-0.3, -0.25) is 4.99 Å². The van der Waals surface area contributed by atoms with Crippen LogP contribution < -0.4 is 10.6 Å². The van der Waals surface area contributed by atoms with Crippen molar-refractivity contribution in [3.63, 3.8) is 0 Å². The molecule has 1 rings (SSSR count). The molecule has 1 aromatic rings. The van der Waals surface area contributed by atoms with Crippen molar-refractivity contribution in [2.24, 2.45) is 4.99 Å². The van der Waals surface area contributed by atoms with Crippen LogP contribution in [-0.4, -0.2) is 46.0 Å². The topological polar surface area (TPSA) is 70.6 Å². The van der Waals surface area contributed by atoms with Crippen molar-refractivity contribution >= 4 is 15.8 Å². The maximum absolute atomic E-state index is 11.2. The van der Waals surface area contributed by atoms with E-state index in [1.807, 2.05) is 6.92 Å². The molecule has 0 heterocycles. The molecule has 0 radical (unpaired) electrons. The lowest BCUT2D eigenvalue weighted by molar-refractivity contribution is 0.600. The van der Waals surface area contributed by atoms with Crippen molar-refractivity contribution in [3.8, 4) is 0 Å². The summed E-state index contributed by atoms with van der Waals surface area (Å²) in [4.78, 5) is 4.54. The molecule has 1 atom stereocenters. The number of rotatable bonds is 7. The van der Waals surface area contributed by atoms with Crippen LogP contribution >= 0.6 is 0 Å². The Morgan fingerprint density at radius 3 is 2.64 bits per heavy atom. The summed E-state index contributed by atoms with van der Waals surface area (Å²) in [5.74, 6) is 1.07. The van der Waals surface area contributed by atoms with Gasteiger partial charge in [-0.15, -0.1) is 0 Å². The number of hydrogen-bond donors (Lipinski definition) is 2. The normalized spacial score (nSPS) is 13.7. The van der Waals surface area contributed by atoms with Crippen LogP contribution in [0, 0.1) is 6.92 Å². The maximum Gasteiger partial charge on any atom is 0.191 e. The molecule has 5 nitrogen and oxygen atoms in total. The highest BCUT2D eigenvalue weighted by Gasteiger charge is 2.07. The third-order valence-corrected chi connectivity index (χ3v) is 4.19. The van der Waals surface area contributed by atoms with Gasteiger partial charge in [0, 0.05) is 31.8 Å². The SMILES string of the molecule is CCNC(=NCC(C)c1cccc(C)c1)NCCS(C)(=O)=O. The van der Waals surface area contributed by atoms with Gasteiger partial charge < -0.3 is 10.6 Å². The summed E-state index contributed by atoms with van der Waals surface area (Å²) in [6.45, 7) is 7.96. The molecule has 0 aliphatic carbocycles. The monoisotopic (exact) mass is 325 g/mol. The first-order valence-corrected chi connectivity index (χ1v) is 9.64. The molecule has 1 aromatic carbocycles. The quantitative estimate of drug-likeness (QED) is 0.591. The Labute approximate surface area is 134 Å². The third-order valence-electron chi connectivity index (χ3n) is 3.24. The zero-order valence-corrected chi connectivity index (χ0v) is 14.7. The van der Waals surface area contributed by atoms with E-state index in [4.69, 9.17) is 0 Å². The van der Waals surface area contributed by atoms with Crippen molar-refractivity contribution in [1.82, 2.24) is 10.6 Å². The first-order chi connectivity index (χ1) is 10.3. The molecule has 0 aliphatic heterocycles. The molecule has 0 bridgehead atoms. The van der Waals surface area contributed by atoms with E-state index in [2.05, 4.69) is 53.7 Å². The number of hydrogen-bond acceptors (Lipinski definition) is 3. The highest BCUT2D eigenvalue weighted by Crippen LogP contribution is 2.16. The highest BCUT2D eigenvalue weighted by atomic mass is 32.2. The Morgan fingerprint density at radius 2 is 2.05 bits per heavy atom. The summed E-state index contributed by atoms with van der Waals surface area (Å²) in [6, 6.07) is 8.41. The lowest BCUT2D eigenvalue weighted by atomic mass is 10.00. The molecule has 124 valence electrons. The smallest absolute Gasteiger partial charge is 0.191 e. The van der Waals surface area contributed by atoms with E-state index in [0.717, 1.165) is 6.54 Å². The predicted molar refractivity (Wildman–Crippen MR) is 93.3 cm³/mol. The van der Waals surface area contributed by atoms with Crippen LogP contribution in [0.2, 0.25) is 0 Å². The fourth-order valence-corrected chi connectivity index (χ4v) is 2.48. The molecule has 0 aromatic heterocycles. The van der Waals surface area contributed by atoms with Gasteiger partial charge in [0.15, 0.2) is 5.96 Å². The molecular formula is C16H27N3O2S. The first-order valence-electron chi connectivity index (χ1n) is 7.58. The second kappa shape index (κ2) is 8.78. The van der Waals surface area contributed by atoms with E-state index >= 15 is 0 Å². The van der Waals surface area contributed by atoms with Crippen LogP contribution in [0.25, 0.3) is 0 Å². The molecule has 22 heavy (non-hydrogen) atoms. The van der Waals surface area contributed by atoms with E-state index in [1.165, 1.54) is 17.4 Å². The van der Waals surface area contributed by atoms with Crippen LogP contribution in [0.3, 0.4) is 0 Å². The van der Waals surface area contributed by atoms with Gasteiger partial charge in [0.25, 0.3) is 0 Å². The van der Waals surface area contributed by atoms with Gasteiger partial charge in [0.05, 0.1) is 5.75 Å². The molecular weight excluding hydrogens is 298 g/mol. The molecule has 0 saturated carbocycles. The molecule has 0 spiro atoms. The number of guanidine groups is 1. The number of nitrogens with zero attached hydrogens (tertiary/aromatic N) is 1. The zero-order valence-electron chi connectivity index (χ0n) is 13.9. The Bertz CT molecular complexity index is 597. The first kappa shape index (κ1) is 18.5. The van der Waals surface area contributed by atoms with Crippen LogP contribution in [0.1, 0.15) is 30.9 Å². The van der Waals surface area contributed by atoms with Gasteiger partial charge in [-0.1, -0.05) is 36.8 Å². The number of nitrogens with one attached hydrogen (secondary N) is 2. The Morgan fingerprint density at radius 1 is 1.32 bits per heavy atom. The number of aliphatic imine (C=N–C) groups is 1. The number of benzene rings is 1. The van der Waals surface area contributed by atoms with E-state index in [9.17, 15) is 8.42 Å². The van der Waals surface area contributed by atoms with E-state index < -0.39 is 9.84 Å². The summed E-state index contributed by atoms with van der Waals surface area (Å²) in [7, 11) is -2.96. The molecule has 1 unspecified atom stereocenters.